The molecule has 322 valence electrons. The van der Waals surface area contributed by atoms with Crippen molar-refractivity contribution in [3.63, 3.8) is 0 Å². The largest absolute Gasteiger partial charge is 0.285 e. The molecular formula is C50H39F4N11. The number of aromatic amines is 1. The Hall–Kier alpha value is -7.16. The number of halogens is 4. The quantitative estimate of drug-likeness (QED) is 0.154. The number of rotatable bonds is 7. The molecule has 6 aromatic heterocycles. The van der Waals surface area contributed by atoms with Crippen molar-refractivity contribution in [2.24, 2.45) is 10.8 Å². The molecule has 12 rings (SSSR count). The van der Waals surface area contributed by atoms with Gasteiger partial charge in [0, 0.05) is 36.5 Å². The Morgan fingerprint density at radius 1 is 0.615 bits per heavy atom. The molecule has 0 amide bonds. The molecule has 6 heterocycles. The number of hydrogen-bond acceptors (Lipinski definition) is 10. The van der Waals surface area contributed by atoms with Gasteiger partial charge in [0.05, 0.1) is 67.9 Å². The van der Waals surface area contributed by atoms with Crippen molar-refractivity contribution in [2.45, 2.75) is 75.5 Å². The Labute approximate surface area is 370 Å². The van der Waals surface area contributed by atoms with Gasteiger partial charge in [-0.2, -0.15) is 15.3 Å². The molecular weight excluding hydrogens is 831 g/mol. The summed E-state index contributed by atoms with van der Waals surface area (Å²) in [5.74, 6) is -3.13. The fourth-order valence-electron chi connectivity index (χ4n) is 12.6. The molecule has 0 radical (unpaired) electrons. The topological polar surface area (TPSA) is 145 Å². The second kappa shape index (κ2) is 13.7. The second-order valence-electron chi connectivity index (χ2n) is 18.9. The zero-order valence-corrected chi connectivity index (χ0v) is 35.7. The number of H-pyrrole nitrogens is 1. The van der Waals surface area contributed by atoms with Crippen LogP contribution < -0.4 is 0 Å². The molecule has 1 N–H and O–H groups in total. The van der Waals surface area contributed by atoms with E-state index in [1.807, 2.05) is 24.3 Å². The summed E-state index contributed by atoms with van der Waals surface area (Å²) in [4.78, 5) is 23.5. The van der Waals surface area contributed by atoms with Crippen molar-refractivity contribution < 1.29 is 17.6 Å². The number of benzene rings is 2. The monoisotopic (exact) mass is 869 g/mol. The minimum atomic E-state index is -0.983. The van der Waals surface area contributed by atoms with Gasteiger partial charge in [0.1, 0.15) is 23.3 Å². The Kier molecular flexibility index (Phi) is 8.30. The van der Waals surface area contributed by atoms with Gasteiger partial charge in [0.15, 0.2) is 11.6 Å². The lowest BCUT2D eigenvalue weighted by atomic mass is 9.66. The summed E-state index contributed by atoms with van der Waals surface area (Å²) in [5.41, 5.74) is 2.92. The van der Waals surface area contributed by atoms with Crippen LogP contribution in [0.2, 0.25) is 0 Å². The van der Waals surface area contributed by atoms with Crippen molar-refractivity contribution in [3.05, 3.63) is 167 Å². The maximum atomic E-state index is 17.8. The molecule has 11 nitrogen and oxygen atoms in total. The Bertz CT molecular complexity index is 3230. The highest BCUT2D eigenvalue weighted by Crippen LogP contribution is 2.74. The van der Waals surface area contributed by atoms with E-state index in [9.17, 15) is 0 Å². The third-order valence-corrected chi connectivity index (χ3v) is 15.6. The molecule has 65 heavy (non-hydrogen) atoms. The zero-order valence-electron chi connectivity index (χ0n) is 35.7. The van der Waals surface area contributed by atoms with E-state index in [0.29, 0.717) is 40.6 Å². The van der Waals surface area contributed by atoms with Crippen LogP contribution in [0.1, 0.15) is 104 Å². The van der Waals surface area contributed by atoms with Crippen LogP contribution in [0.25, 0.3) is 45.3 Å². The molecule has 1 unspecified atom stereocenters. The SMILES string of the molecule is CC1(C)[C@@H]2c3cc(-c4c(F)cccc4F)nnc3[C@@]1(c1ccnc(-c3cccnc3)n1)CC2c1ccc(F)c(-c2cc3c(nn2)[C@@]2(c4ccnc(-c5cn[nH]c5)n4)CC[C@@H]3C2(C)C)c1F. The summed E-state index contributed by atoms with van der Waals surface area (Å²) < 4.78 is 64.9. The van der Waals surface area contributed by atoms with Crippen molar-refractivity contribution in [1.29, 1.82) is 0 Å². The first-order valence-electron chi connectivity index (χ1n) is 21.6. The van der Waals surface area contributed by atoms with Crippen LogP contribution in [0.4, 0.5) is 17.6 Å². The van der Waals surface area contributed by atoms with Gasteiger partial charge < -0.3 is 0 Å². The molecule has 8 aromatic rings. The molecule has 0 aliphatic heterocycles. The lowest BCUT2D eigenvalue weighted by molar-refractivity contribution is 0.241. The summed E-state index contributed by atoms with van der Waals surface area (Å²) in [6.07, 6.45) is 12.1. The van der Waals surface area contributed by atoms with Crippen LogP contribution in [0, 0.1) is 34.1 Å². The first kappa shape index (κ1) is 39.4. The normalized spacial score (nSPS) is 24.0. The molecule has 15 heteroatoms. The van der Waals surface area contributed by atoms with Crippen LogP contribution in [0.3, 0.4) is 0 Å². The Morgan fingerprint density at radius 3 is 1.97 bits per heavy atom. The van der Waals surface area contributed by atoms with Crippen LogP contribution in [0.5, 0.6) is 0 Å². The summed E-state index contributed by atoms with van der Waals surface area (Å²) in [6.45, 7) is 8.55. The minimum Gasteiger partial charge on any atom is -0.285 e. The summed E-state index contributed by atoms with van der Waals surface area (Å²) in [7, 11) is 0. The van der Waals surface area contributed by atoms with Gasteiger partial charge in [-0.05, 0) is 119 Å². The molecule has 5 atom stereocenters. The summed E-state index contributed by atoms with van der Waals surface area (Å²) >= 11 is 0. The van der Waals surface area contributed by atoms with E-state index in [0.717, 1.165) is 35.4 Å². The summed E-state index contributed by atoms with van der Waals surface area (Å²) in [6, 6.07) is 17.3. The highest BCUT2D eigenvalue weighted by molar-refractivity contribution is 5.69. The van der Waals surface area contributed by atoms with Crippen LogP contribution in [-0.2, 0) is 10.8 Å². The standard InChI is InChI=1S/C50H39F4N11/c1-47(2)31-12-15-49(47,37-13-17-57-46(60-37)26-23-58-59-24-26)43-28(31)19-36(63-64-43)40-34(53)11-10-27(42(40)54)30-21-50(38-14-18-56-45(61-38)25-7-6-16-55-22-25)44-29(41(30)48(50,3)4)20-35(62-65-44)39-32(51)8-5-9-33(39)52/h5-11,13-14,16-20,22-24,30-31,41H,12,15,21H2,1-4H3,(H,58,59)/t30?,31-,41+,49-,50-/m0/s1. The molecule has 2 aromatic carbocycles. The van der Waals surface area contributed by atoms with Gasteiger partial charge >= 0.3 is 0 Å². The fourth-order valence-corrected chi connectivity index (χ4v) is 12.6. The smallest absolute Gasteiger partial charge is 0.162 e. The predicted octanol–water partition coefficient (Wildman–Crippen LogP) is 9.99. The number of nitrogens with one attached hydrogen (secondary N) is 1. The zero-order chi connectivity index (χ0) is 44.6. The molecule has 4 bridgehead atoms. The van der Waals surface area contributed by atoms with Crippen LogP contribution in [0.15, 0.2) is 104 Å². The number of fused-ring (bicyclic) bond motifs is 10. The van der Waals surface area contributed by atoms with E-state index in [4.69, 9.17) is 20.2 Å². The first-order chi connectivity index (χ1) is 31.4. The van der Waals surface area contributed by atoms with Gasteiger partial charge in [-0.25, -0.2) is 37.5 Å². The lowest BCUT2D eigenvalue weighted by Crippen LogP contribution is -2.38. The van der Waals surface area contributed by atoms with E-state index in [-0.39, 0.29) is 39.4 Å². The maximum Gasteiger partial charge on any atom is 0.162 e. The maximum absolute atomic E-state index is 17.8. The van der Waals surface area contributed by atoms with E-state index >= 15 is 17.6 Å². The van der Waals surface area contributed by atoms with E-state index < -0.39 is 51.3 Å². The van der Waals surface area contributed by atoms with Crippen LogP contribution >= 0.6 is 0 Å². The van der Waals surface area contributed by atoms with Gasteiger partial charge in [-0.3, -0.25) is 10.1 Å². The van der Waals surface area contributed by atoms with Crippen molar-refractivity contribution in [1.82, 2.24) is 55.5 Å². The number of aromatic nitrogens is 11. The van der Waals surface area contributed by atoms with E-state index in [1.54, 1.807) is 49.3 Å². The predicted molar refractivity (Wildman–Crippen MR) is 231 cm³/mol. The first-order valence-corrected chi connectivity index (χ1v) is 21.6. The van der Waals surface area contributed by atoms with Gasteiger partial charge in [-0.15, -0.1) is 10.2 Å². The van der Waals surface area contributed by atoms with Gasteiger partial charge in [0.25, 0.3) is 0 Å². The average Bonchev–Trinajstić information content (AvgIpc) is 4.08. The Balaban J connectivity index is 1.000. The third-order valence-electron chi connectivity index (χ3n) is 15.6. The Morgan fingerprint density at radius 2 is 1.28 bits per heavy atom. The van der Waals surface area contributed by atoms with Crippen LogP contribution in [-0.4, -0.2) is 55.5 Å². The van der Waals surface area contributed by atoms with Gasteiger partial charge in [-0.1, -0.05) is 39.8 Å². The second-order valence-corrected chi connectivity index (χ2v) is 18.9. The number of nitrogens with zero attached hydrogens (tertiary/aromatic N) is 10. The molecule has 4 aliphatic carbocycles. The molecule has 2 fully saturated rings. The average molecular weight is 870 g/mol. The van der Waals surface area contributed by atoms with E-state index in [2.05, 4.69) is 63.0 Å². The minimum absolute atomic E-state index is 0.0127. The third kappa shape index (κ3) is 5.17. The van der Waals surface area contributed by atoms with Crippen molar-refractivity contribution >= 4 is 0 Å². The molecule has 4 aliphatic rings. The molecule has 0 saturated heterocycles. The number of hydrogen-bond donors (Lipinski definition) is 1. The highest BCUT2D eigenvalue weighted by Gasteiger charge is 2.69. The lowest BCUT2D eigenvalue weighted by Gasteiger charge is -2.37. The molecule has 2 saturated carbocycles. The van der Waals surface area contributed by atoms with Crippen molar-refractivity contribution in [2.75, 3.05) is 0 Å². The molecule has 0 spiro atoms. The van der Waals surface area contributed by atoms with E-state index in [1.165, 1.54) is 30.3 Å². The summed E-state index contributed by atoms with van der Waals surface area (Å²) in [5, 5.41) is 25.5. The number of pyridine rings is 1. The van der Waals surface area contributed by atoms with Crippen molar-refractivity contribution in [3.8, 4) is 45.3 Å². The van der Waals surface area contributed by atoms with Gasteiger partial charge in [0.2, 0.25) is 0 Å². The fraction of sp³-hybridized carbons (Fsp3) is 0.280. The highest BCUT2D eigenvalue weighted by atomic mass is 19.1.